The number of hydrogen-bond acceptors (Lipinski definition) is 6. The molecule has 3 rings (SSSR count). The molecule has 0 radical (unpaired) electrons. The Morgan fingerprint density at radius 3 is 2.58 bits per heavy atom. The summed E-state index contributed by atoms with van der Waals surface area (Å²) < 4.78 is 26.9. The number of nitrogens with zero attached hydrogens (tertiary/aromatic N) is 1. The Kier molecular flexibility index (Phi) is 4.95. The summed E-state index contributed by atoms with van der Waals surface area (Å²) in [7, 11) is -3.50. The molecule has 4 N–H and O–H groups in total. The first-order chi connectivity index (χ1) is 11.5. The minimum absolute atomic E-state index is 0.181. The van der Waals surface area contributed by atoms with Crippen LogP contribution in [0.2, 0.25) is 0 Å². The van der Waals surface area contributed by atoms with Crippen molar-refractivity contribution in [1.29, 1.82) is 0 Å². The summed E-state index contributed by atoms with van der Waals surface area (Å²) in [5.74, 6) is 0.114. The van der Waals surface area contributed by atoms with Crippen LogP contribution in [-0.2, 0) is 16.6 Å². The number of rotatable bonds is 7. The molecule has 1 aliphatic rings. The highest BCUT2D eigenvalue weighted by molar-refractivity contribution is 7.89. The molecule has 1 aliphatic carbocycles. The second-order valence-electron chi connectivity index (χ2n) is 5.60. The maximum Gasteiger partial charge on any atom is 0.275 e. The molecule has 128 valence electrons. The zero-order chi connectivity index (χ0) is 17.2. The van der Waals surface area contributed by atoms with Crippen LogP contribution in [0.25, 0.3) is 0 Å². The topological polar surface area (TPSA) is 114 Å². The van der Waals surface area contributed by atoms with Gasteiger partial charge in [0.1, 0.15) is 10.7 Å². The molecule has 7 nitrogen and oxygen atoms in total. The fourth-order valence-corrected chi connectivity index (χ4v) is 3.83. The van der Waals surface area contributed by atoms with Crippen molar-refractivity contribution in [3.63, 3.8) is 0 Å². The Hall–Kier alpha value is -1.81. The number of carbonyl (C=O) groups excluding carboxylic acids is 1. The van der Waals surface area contributed by atoms with E-state index in [1.165, 1.54) is 23.5 Å². The molecule has 0 unspecified atom stereocenters. The lowest BCUT2D eigenvalue weighted by molar-refractivity contribution is 0.102. The summed E-state index contributed by atoms with van der Waals surface area (Å²) in [6.07, 6.45) is 2.16. The smallest absolute Gasteiger partial charge is 0.275 e. The van der Waals surface area contributed by atoms with Crippen molar-refractivity contribution >= 4 is 33.0 Å². The third-order valence-electron chi connectivity index (χ3n) is 3.64. The molecule has 1 aromatic carbocycles. The fourth-order valence-electron chi connectivity index (χ4n) is 2.05. The van der Waals surface area contributed by atoms with Crippen LogP contribution in [0.3, 0.4) is 0 Å². The highest BCUT2D eigenvalue weighted by Crippen LogP contribution is 2.28. The normalized spacial score (nSPS) is 14.5. The van der Waals surface area contributed by atoms with Crippen LogP contribution in [0.4, 0.5) is 5.69 Å². The number of nitrogens with one attached hydrogen (secondary N) is 2. The van der Waals surface area contributed by atoms with Crippen LogP contribution in [0.15, 0.2) is 34.5 Å². The second-order valence-corrected chi connectivity index (χ2v) is 8.31. The lowest BCUT2D eigenvalue weighted by Gasteiger charge is -2.07. The molecule has 0 saturated heterocycles. The van der Waals surface area contributed by atoms with E-state index in [1.54, 1.807) is 17.5 Å². The summed E-state index contributed by atoms with van der Waals surface area (Å²) in [4.78, 5) is 16.4. The van der Waals surface area contributed by atoms with E-state index in [-0.39, 0.29) is 10.8 Å². The van der Waals surface area contributed by atoms with Gasteiger partial charge in [-0.3, -0.25) is 4.79 Å². The van der Waals surface area contributed by atoms with Crippen LogP contribution < -0.4 is 15.8 Å². The third kappa shape index (κ3) is 4.18. The van der Waals surface area contributed by atoms with Crippen LogP contribution in [0.5, 0.6) is 0 Å². The minimum Gasteiger partial charge on any atom is -0.325 e. The monoisotopic (exact) mass is 366 g/mol. The first-order valence-corrected chi connectivity index (χ1v) is 9.90. The lowest BCUT2D eigenvalue weighted by Crippen LogP contribution is -2.25. The van der Waals surface area contributed by atoms with E-state index in [1.807, 2.05) is 0 Å². The molecule has 9 heteroatoms. The molecule has 0 spiro atoms. The van der Waals surface area contributed by atoms with E-state index >= 15 is 0 Å². The minimum atomic E-state index is -3.50. The van der Waals surface area contributed by atoms with Gasteiger partial charge in [0, 0.05) is 24.2 Å². The lowest BCUT2D eigenvalue weighted by atomic mass is 10.3. The highest BCUT2D eigenvalue weighted by atomic mass is 32.2. The van der Waals surface area contributed by atoms with Crippen molar-refractivity contribution in [3.8, 4) is 0 Å². The van der Waals surface area contributed by atoms with Gasteiger partial charge in [0.05, 0.1) is 4.90 Å². The molecule has 1 amide bonds. The quantitative estimate of drug-likeness (QED) is 0.688. The number of benzene rings is 1. The molecule has 0 atom stereocenters. The Labute approximate surface area is 144 Å². The van der Waals surface area contributed by atoms with Gasteiger partial charge in [-0.2, -0.15) is 0 Å². The third-order valence-corrected chi connectivity index (χ3v) is 5.95. The van der Waals surface area contributed by atoms with Crippen molar-refractivity contribution in [2.24, 2.45) is 11.7 Å². The molecular weight excluding hydrogens is 348 g/mol. The molecule has 0 aliphatic heterocycles. The molecule has 1 aromatic heterocycles. The summed E-state index contributed by atoms with van der Waals surface area (Å²) >= 11 is 1.32. The van der Waals surface area contributed by atoms with Crippen molar-refractivity contribution in [3.05, 3.63) is 40.3 Å². The van der Waals surface area contributed by atoms with Crippen LogP contribution in [-0.4, -0.2) is 25.9 Å². The van der Waals surface area contributed by atoms with E-state index in [4.69, 9.17) is 5.73 Å². The summed E-state index contributed by atoms with van der Waals surface area (Å²) in [5, 5.41) is 5.00. The standard InChI is InChI=1S/C15H18N4O3S2/c16-7-14-19-13(9-23-14)15(20)18-11-3-5-12(6-4-11)24(21,22)17-8-10-1-2-10/h3-6,9-10,17H,1-2,7-8,16H2,(H,18,20). The Morgan fingerprint density at radius 1 is 1.29 bits per heavy atom. The van der Waals surface area contributed by atoms with E-state index in [0.717, 1.165) is 12.8 Å². The van der Waals surface area contributed by atoms with Gasteiger partial charge in [0.25, 0.3) is 5.91 Å². The first-order valence-electron chi connectivity index (χ1n) is 7.53. The maximum absolute atomic E-state index is 12.1. The van der Waals surface area contributed by atoms with Crippen molar-refractivity contribution in [2.45, 2.75) is 24.3 Å². The van der Waals surface area contributed by atoms with Gasteiger partial charge < -0.3 is 11.1 Å². The average Bonchev–Trinajstić information content (AvgIpc) is 3.28. The van der Waals surface area contributed by atoms with Crippen LogP contribution in [0.1, 0.15) is 28.3 Å². The number of carbonyl (C=O) groups is 1. The van der Waals surface area contributed by atoms with Crippen molar-refractivity contribution in [2.75, 3.05) is 11.9 Å². The summed E-state index contributed by atoms with van der Waals surface area (Å²) in [5.41, 5.74) is 6.27. The zero-order valence-electron chi connectivity index (χ0n) is 12.9. The molecule has 1 saturated carbocycles. The molecule has 0 bridgehead atoms. The molecular formula is C15H18N4O3S2. The number of amides is 1. The van der Waals surface area contributed by atoms with E-state index in [0.29, 0.717) is 35.4 Å². The number of thiazole rings is 1. The molecule has 1 fully saturated rings. The largest absolute Gasteiger partial charge is 0.325 e. The zero-order valence-corrected chi connectivity index (χ0v) is 14.5. The van der Waals surface area contributed by atoms with Crippen molar-refractivity contribution in [1.82, 2.24) is 9.71 Å². The van der Waals surface area contributed by atoms with Crippen LogP contribution >= 0.6 is 11.3 Å². The van der Waals surface area contributed by atoms with E-state index in [2.05, 4.69) is 15.0 Å². The predicted molar refractivity (Wildman–Crippen MR) is 92.3 cm³/mol. The van der Waals surface area contributed by atoms with Gasteiger partial charge >= 0.3 is 0 Å². The fraction of sp³-hybridized carbons (Fsp3) is 0.333. The predicted octanol–water partition coefficient (Wildman–Crippen LogP) is 1.54. The van der Waals surface area contributed by atoms with E-state index < -0.39 is 10.0 Å². The van der Waals surface area contributed by atoms with Gasteiger partial charge in [0.15, 0.2) is 0 Å². The number of aromatic nitrogens is 1. The number of nitrogens with two attached hydrogens (primary N) is 1. The Bertz CT molecular complexity index is 827. The number of anilines is 1. The average molecular weight is 366 g/mol. The van der Waals surface area contributed by atoms with Crippen molar-refractivity contribution < 1.29 is 13.2 Å². The second kappa shape index (κ2) is 6.98. The van der Waals surface area contributed by atoms with Gasteiger partial charge in [-0.1, -0.05) is 0 Å². The number of sulfonamides is 1. The molecule has 2 aromatic rings. The molecule has 24 heavy (non-hydrogen) atoms. The maximum atomic E-state index is 12.1. The van der Waals surface area contributed by atoms with Crippen LogP contribution in [0, 0.1) is 5.92 Å². The van der Waals surface area contributed by atoms with Gasteiger partial charge in [-0.15, -0.1) is 11.3 Å². The molecule has 1 heterocycles. The van der Waals surface area contributed by atoms with Gasteiger partial charge in [-0.05, 0) is 43.0 Å². The Balaban J connectivity index is 1.64. The first kappa shape index (κ1) is 17.0. The highest BCUT2D eigenvalue weighted by Gasteiger charge is 2.24. The van der Waals surface area contributed by atoms with Gasteiger partial charge in [0.2, 0.25) is 10.0 Å². The SMILES string of the molecule is NCc1nc(C(=O)Nc2ccc(S(=O)(=O)NCC3CC3)cc2)cs1. The van der Waals surface area contributed by atoms with Gasteiger partial charge in [-0.25, -0.2) is 18.1 Å². The number of hydrogen-bond donors (Lipinski definition) is 3. The summed E-state index contributed by atoms with van der Waals surface area (Å²) in [6, 6.07) is 6.05. The Morgan fingerprint density at radius 2 is 2.00 bits per heavy atom. The van der Waals surface area contributed by atoms with E-state index in [9.17, 15) is 13.2 Å². The summed E-state index contributed by atoms with van der Waals surface area (Å²) in [6.45, 7) is 0.770.